The largest absolute Gasteiger partial charge is 0.478 e. The Hall–Kier alpha value is -2.10. The maximum atomic E-state index is 11.5. The molecule has 1 aromatic heterocycles. The van der Waals surface area contributed by atoms with Crippen LogP contribution in [-0.4, -0.2) is 29.1 Å². The minimum Gasteiger partial charge on any atom is -0.478 e. The van der Waals surface area contributed by atoms with Crippen molar-refractivity contribution in [3.05, 3.63) is 35.4 Å². The van der Waals surface area contributed by atoms with Crippen molar-refractivity contribution in [1.82, 2.24) is 4.98 Å². The molecule has 4 heteroatoms. The van der Waals surface area contributed by atoms with Crippen molar-refractivity contribution >= 4 is 22.7 Å². The lowest BCUT2D eigenvalue weighted by Gasteiger charge is -2.29. The summed E-state index contributed by atoms with van der Waals surface area (Å²) in [4.78, 5) is 18.2. The Kier molecular flexibility index (Phi) is 3.30. The first-order chi connectivity index (χ1) is 9.65. The summed E-state index contributed by atoms with van der Waals surface area (Å²) in [6.45, 7) is 3.81. The molecule has 3 rings (SSSR count). The van der Waals surface area contributed by atoms with Crippen LogP contribution in [0.5, 0.6) is 0 Å². The van der Waals surface area contributed by atoms with Gasteiger partial charge in [0.05, 0.1) is 5.52 Å². The van der Waals surface area contributed by atoms with Crippen molar-refractivity contribution in [3.63, 3.8) is 0 Å². The van der Waals surface area contributed by atoms with Gasteiger partial charge in [-0.25, -0.2) is 9.78 Å². The third-order valence-corrected chi connectivity index (χ3v) is 3.84. The van der Waals surface area contributed by atoms with Crippen LogP contribution in [0.15, 0.2) is 24.3 Å². The SMILES string of the molecule is Cc1ccc2cc(C(=O)O)c(N3CCCCC3)nc2c1. The molecule has 0 atom stereocenters. The number of aryl methyl sites for hydroxylation is 1. The average Bonchev–Trinajstić information content (AvgIpc) is 2.46. The van der Waals surface area contributed by atoms with E-state index in [1.165, 1.54) is 6.42 Å². The number of piperidine rings is 1. The molecule has 0 radical (unpaired) electrons. The molecule has 1 aromatic carbocycles. The van der Waals surface area contributed by atoms with Crippen molar-refractivity contribution in [1.29, 1.82) is 0 Å². The zero-order valence-electron chi connectivity index (χ0n) is 11.6. The van der Waals surface area contributed by atoms with E-state index in [1.54, 1.807) is 6.07 Å². The highest BCUT2D eigenvalue weighted by Crippen LogP contribution is 2.26. The minimum atomic E-state index is -0.902. The molecule has 1 N–H and O–H groups in total. The van der Waals surface area contributed by atoms with E-state index >= 15 is 0 Å². The molecule has 1 aliphatic heterocycles. The highest BCUT2D eigenvalue weighted by Gasteiger charge is 2.20. The number of carbonyl (C=O) groups is 1. The molecule has 2 heterocycles. The predicted molar refractivity (Wildman–Crippen MR) is 79.5 cm³/mol. The van der Waals surface area contributed by atoms with E-state index in [0.29, 0.717) is 11.4 Å². The molecular formula is C16H18N2O2. The summed E-state index contributed by atoms with van der Waals surface area (Å²) < 4.78 is 0. The maximum Gasteiger partial charge on any atom is 0.339 e. The molecule has 1 fully saturated rings. The number of carboxylic acids is 1. The number of aromatic nitrogens is 1. The van der Waals surface area contributed by atoms with E-state index in [1.807, 2.05) is 25.1 Å². The summed E-state index contributed by atoms with van der Waals surface area (Å²) in [5, 5.41) is 10.3. The Balaban J connectivity index is 2.16. The van der Waals surface area contributed by atoms with Gasteiger partial charge in [0.15, 0.2) is 0 Å². The first kappa shape index (κ1) is 12.9. The lowest BCUT2D eigenvalue weighted by molar-refractivity contribution is 0.0697. The number of pyridine rings is 1. The second-order valence-corrected chi connectivity index (χ2v) is 5.41. The number of aromatic carboxylic acids is 1. The number of nitrogens with zero attached hydrogens (tertiary/aromatic N) is 2. The van der Waals surface area contributed by atoms with Crippen LogP contribution < -0.4 is 4.90 Å². The van der Waals surface area contributed by atoms with Crippen molar-refractivity contribution in [2.45, 2.75) is 26.2 Å². The summed E-state index contributed by atoms with van der Waals surface area (Å²) in [5.41, 5.74) is 2.32. The van der Waals surface area contributed by atoms with Crippen LogP contribution in [0, 0.1) is 6.92 Å². The quantitative estimate of drug-likeness (QED) is 0.910. The molecule has 4 nitrogen and oxygen atoms in total. The number of benzene rings is 1. The van der Waals surface area contributed by atoms with Gasteiger partial charge in [-0.15, -0.1) is 0 Å². The van der Waals surface area contributed by atoms with Crippen LogP contribution in [0.25, 0.3) is 10.9 Å². The number of rotatable bonds is 2. The van der Waals surface area contributed by atoms with Crippen molar-refractivity contribution in [2.75, 3.05) is 18.0 Å². The van der Waals surface area contributed by atoms with Crippen molar-refractivity contribution < 1.29 is 9.90 Å². The van der Waals surface area contributed by atoms with Crippen LogP contribution in [0.2, 0.25) is 0 Å². The zero-order valence-corrected chi connectivity index (χ0v) is 11.6. The Bertz CT molecular complexity index is 661. The topological polar surface area (TPSA) is 53.4 Å². The fraction of sp³-hybridized carbons (Fsp3) is 0.375. The second-order valence-electron chi connectivity index (χ2n) is 5.41. The number of carboxylic acid groups (broad SMARTS) is 1. The third-order valence-electron chi connectivity index (χ3n) is 3.84. The number of hydrogen-bond donors (Lipinski definition) is 1. The summed E-state index contributed by atoms with van der Waals surface area (Å²) in [6.07, 6.45) is 3.42. The monoisotopic (exact) mass is 270 g/mol. The summed E-state index contributed by atoms with van der Waals surface area (Å²) in [6, 6.07) is 7.67. The van der Waals surface area contributed by atoms with Gasteiger partial charge in [0, 0.05) is 18.5 Å². The van der Waals surface area contributed by atoms with Gasteiger partial charge in [-0.2, -0.15) is 0 Å². The van der Waals surface area contributed by atoms with Gasteiger partial charge in [-0.1, -0.05) is 12.1 Å². The van der Waals surface area contributed by atoms with Crippen LogP contribution >= 0.6 is 0 Å². The molecule has 0 bridgehead atoms. The fourth-order valence-electron chi connectivity index (χ4n) is 2.77. The maximum absolute atomic E-state index is 11.5. The second kappa shape index (κ2) is 5.12. The van der Waals surface area contributed by atoms with Gasteiger partial charge >= 0.3 is 5.97 Å². The smallest absolute Gasteiger partial charge is 0.339 e. The normalized spacial score (nSPS) is 15.6. The first-order valence-corrected chi connectivity index (χ1v) is 7.05. The summed E-state index contributed by atoms with van der Waals surface area (Å²) in [5.74, 6) is -0.282. The molecule has 0 saturated carbocycles. The summed E-state index contributed by atoms with van der Waals surface area (Å²) >= 11 is 0. The van der Waals surface area contributed by atoms with Gasteiger partial charge in [0.2, 0.25) is 0 Å². The molecular weight excluding hydrogens is 252 g/mol. The molecule has 104 valence electrons. The lowest BCUT2D eigenvalue weighted by Crippen LogP contribution is -2.31. The first-order valence-electron chi connectivity index (χ1n) is 7.05. The molecule has 1 aliphatic rings. The average molecular weight is 270 g/mol. The van der Waals surface area contributed by atoms with E-state index in [4.69, 9.17) is 0 Å². The van der Waals surface area contributed by atoms with E-state index < -0.39 is 5.97 Å². The van der Waals surface area contributed by atoms with E-state index in [2.05, 4.69) is 9.88 Å². The Morgan fingerprint density at radius 2 is 1.95 bits per heavy atom. The number of hydrogen-bond acceptors (Lipinski definition) is 3. The molecule has 0 spiro atoms. The fourth-order valence-corrected chi connectivity index (χ4v) is 2.77. The Labute approximate surface area is 118 Å². The molecule has 0 amide bonds. The van der Waals surface area contributed by atoms with E-state index in [-0.39, 0.29) is 0 Å². The zero-order chi connectivity index (χ0) is 14.1. The van der Waals surface area contributed by atoms with Crippen LogP contribution in [-0.2, 0) is 0 Å². The van der Waals surface area contributed by atoms with Gasteiger partial charge in [-0.05, 0) is 43.9 Å². The molecule has 1 saturated heterocycles. The molecule has 2 aromatic rings. The standard InChI is InChI=1S/C16H18N2O2/c1-11-5-6-12-10-13(16(19)20)15(17-14(12)9-11)18-7-3-2-4-8-18/h5-6,9-10H,2-4,7-8H2,1H3,(H,19,20). The molecule has 0 unspecified atom stereocenters. The molecule has 0 aliphatic carbocycles. The van der Waals surface area contributed by atoms with Crippen LogP contribution in [0.3, 0.4) is 0 Å². The van der Waals surface area contributed by atoms with Gasteiger partial charge in [0.25, 0.3) is 0 Å². The summed E-state index contributed by atoms with van der Waals surface area (Å²) in [7, 11) is 0. The van der Waals surface area contributed by atoms with E-state index in [0.717, 1.165) is 42.4 Å². The van der Waals surface area contributed by atoms with E-state index in [9.17, 15) is 9.90 Å². The predicted octanol–water partition coefficient (Wildman–Crippen LogP) is 3.23. The van der Waals surface area contributed by atoms with Crippen LogP contribution in [0.1, 0.15) is 35.2 Å². The van der Waals surface area contributed by atoms with Gasteiger partial charge in [0.1, 0.15) is 11.4 Å². The highest BCUT2D eigenvalue weighted by atomic mass is 16.4. The lowest BCUT2D eigenvalue weighted by atomic mass is 10.1. The van der Waals surface area contributed by atoms with Crippen molar-refractivity contribution in [3.8, 4) is 0 Å². The van der Waals surface area contributed by atoms with Gasteiger partial charge in [-0.3, -0.25) is 0 Å². The van der Waals surface area contributed by atoms with Gasteiger partial charge < -0.3 is 10.0 Å². The number of anilines is 1. The Morgan fingerprint density at radius 1 is 1.20 bits per heavy atom. The highest BCUT2D eigenvalue weighted by molar-refractivity contribution is 5.98. The van der Waals surface area contributed by atoms with Crippen LogP contribution in [0.4, 0.5) is 5.82 Å². The number of fused-ring (bicyclic) bond motifs is 1. The van der Waals surface area contributed by atoms with Crippen molar-refractivity contribution in [2.24, 2.45) is 0 Å². The Morgan fingerprint density at radius 3 is 2.65 bits per heavy atom. The minimum absolute atomic E-state index is 0.309. The molecule has 20 heavy (non-hydrogen) atoms. The third kappa shape index (κ3) is 2.33.